The molecule has 0 spiro atoms. The number of hydrogen-bond donors (Lipinski definition) is 0. The van der Waals surface area contributed by atoms with E-state index < -0.39 is 23.9 Å². The van der Waals surface area contributed by atoms with Crippen molar-refractivity contribution in [2.45, 2.75) is 158 Å². The molecule has 0 rings (SSSR count). The molecule has 0 aliphatic carbocycles. The Morgan fingerprint density at radius 1 is 0.366 bits per heavy atom. The van der Waals surface area contributed by atoms with Crippen molar-refractivity contribution in [1.29, 1.82) is 0 Å². The zero-order valence-corrected chi connectivity index (χ0v) is 30.2. The monoisotopic (exact) mass is 756 g/mol. The van der Waals surface area contributed by atoms with Crippen LogP contribution < -0.4 is 20.4 Å². The molecule has 0 atom stereocenters. The minimum Gasteiger partial charge on any atom is -0.550 e. The van der Waals surface area contributed by atoms with Gasteiger partial charge < -0.3 is 39.6 Å². The number of carbonyl (C=O) groups excluding carboxylic acids is 4. The first-order valence-corrected chi connectivity index (χ1v) is 15.3. The average molecular weight is 757 g/mol. The Morgan fingerprint density at radius 3 is 0.610 bits per heavy atom. The van der Waals surface area contributed by atoms with Crippen molar-refractivity contribution in [3.63, 3.8) is 0 Å². The van der Waals surface area contributed by atoms with Crippen molar-refractivity contribution >= 4 is 23.9 Å². The fourth-order valence-electron chi connectivity index (χ4n) is 3.29. The van der Waals surface area contributed by atoms with Gasteiger partial charge in [-0.15, -0.1) is 0 Å². The normalized spacial score (nSPS) is 10.0. The molecular formula is C32H60O8W-4. The maximum absolute atomic E-state index is 9.93. The summed E-state index contributed by atoms with van der Waals surface area (Å²) in [6, 6.07) is 0. The van der Waals surface area contributed by atoms with Gasteiger partial charge in [-0.3, -0.25) is 0 Å². The maximum Gasteiger partial charge on any atom is 0.0414 e. The Balaban J connectivity index is -0.000000139. The molecule has 0 aliphatic rings. The summed E-state index contributed by atoms with van der Waals surface area (Å²) in [6.07, 6.45) is 12.4. The van der Waals surface area contributed by atoms with Gasteiger partial charge in [0.25, 0.3) is 0 Å². The summed E-state index contributed by atoms with van der Waals surface area (Å²) in [5.41, 5.74) is 0. The van der Waals surface area contributed by atoms with Crippen molar-refractivity contribution in [3.8, 4) is 0 Å². The fraction of sp³-hybridized carbons (Fsp3) is 0.875. The van der Waals surface area contributed by atoms with Gasteiger partial charge in [0.05, 0.1) is 0 Å². The molecule has 0 fully saturated rings. The van der Waals surface area contributed by atoms with Crippen LogP contribution in [0.5, 0.6) is 0 Å². The van der Waals surface area contributed by atoms with Gasteiger partial charge in [-0.1, -0.05) is 107 Å². The summed E-state index contributed by atoms with van der Waals surface area (Å²) in [4.78, 5) is 39.7. The molecule has 0 saturated carbocycles. The fourth-order valence-corrected chi connectivity index (χ4v) is 3.29. The van der Waals surface area contributed by atoms with E-state index in [1.807, 2.05) is 0 Å². The van der Waals surface area contributed by atoms with Crippen LogP contribution in [0.3, 0.4) is 0 Å². The van der Waals surface area contributed by atoms with Crippen LogP contribution in [0.2, 0.25) is 0 Å². The van der Waals surface area contributed by atoms with Crippen molar-refractivity contribution in [2.75, 3.05) is 0 Å². The molecule has 0 unspecified atom stereocenters. The van der Waals surface area contributed by atoms with Crippen LogP contribution in [0.1, 0.15) is 158 Å². The van der Waals surface area contributed by atoms with Crippen molar-refractivity contribution in [1.82, 2.24) is 0 Å². The number of unbranched alkanes of at least 4 members (excludes halogenated alkanes) is 4. The first-order valence-electron chi connectivity index (χ1n) is 15.3. The summed E-state index contributed by atoms with van der Waals surface area (Å²) in [5, 5.41) is 39.7. The van der Waals surface area contributed by atoms with Crippen molar-refractivity contribution < 1.29 is 60.7 Å². The van der Waals surface area contributed by atoms with E-state index in [2.05, 4.69) is 55.4 Å². The van der Waals surface area contributed by atoms with E-state index in [1.54, 1.807) is 0 Å². The van der Waals surface area contributed by atoms with Crippen LogP contribution in [0.25, 0.3) is 0 Å². The molecule has 246 valence electrons. The second-order valence-corrected chi connectivity index (χ2v) is 12.0. The molecule has 0 saturated heterocycles. The number of carbonyl (C=O) groups is 4. The van der Waals surface area contributed by atoms with E-state index >= 15 is 0 Å². The third-order valence-corrected chi connectivity index (χ3v) is 5.65. The zero-order valence-electron chi connectivity index (χ0n) is 27.3. The Labute approximate surface area is 265 Å². The van der Waals surface area contributed by atoms with Crippen LogP contribution in [0, 0.1) is 23.7 Å². The predicted octanol–water partition coefficient (Wildman–Crippen LogP) is 3.81. The topological polar surface area (TPSA) is 161 Å². The van der Waals surface area contributed by atoms with E-state index in [9.17, 15) is 39.6 Å². The summed E-state index contributed by atoms with van der Waals surface area (Å²) >= 11 is 0. The Morgan fingerprint density at radius 2 is 0.512 bits per heavy atom. The van der Waals surface area contributed by atoms with Crippen LogP contribution in [-0.2, 0) is 40.2 Å². The summed E-state index contributed by atoms with van der Waals surface area (Å²) in [6.45, 7) is 17.1. The molecule has 0 aromatic heterocycles. The number of rotatable bonds is 20. The standard InChI is InChI=1S/4C8H16O2.W/c4*1-7(2)5-3-4-6-8(9)10;/h4*7H,3-6H2,1-2H3,(H,9,10);/p-4. The van der Waals surface area contributed by atoms with E-state index in [-0.39, 0.29) is 46.7 Å². The minimum atomic E-state index is -0.927. The first kappa shape index (κ1) is 49.3. The molecule has 0 aromatic carbocycles. The molecular weight excluding hydrogens is 696 g/mol. The predicted molar refractivity (Wildman–Crippen MR) is 153 cm³/mol. The van der Waals surface area contributed by atoms with Gasteiger partial charge in [0, 0.05) is 44.9 Å². The molecule has 0 aromatic rings. The summed E-state index contributed by atoms with van der Waals surface area (Å²) in [5.74, 6) is -0.980. The zero-order chi connectivity index (χ0) is 31.9. The van der Waals surface area contributed by atoms with Gasteiger partial charge in [0.15, 0.2) is 0 Å². The molecule has 0 heterocycles. The Kier molecular flexibility index (Phi) is 44.0. The molecule has 9 heteroatoms. The van der Waals surface area contributed by atoms with Crippen LogP contribution in [0.15, 0.2) is 0 Å². The number of carboxylic acid groups (broad SMARTS) is 4. The summed E-state index contributed by atoms with van der Waals surface area (Å²) in [7, 11) is 0. The number of hydrogen-bond acceptors (Lipinski definition) is 8. The molecule has 0 bridgehead atoms. The van der Waals surface area contributed by atoms with Crippen LogP contribution in [-0.4, -0.2) is 23.9 Å². The third-order valence-electron chi connectivity index (χ3n) is 5.65. The smallest absolute Gasteiger partial charge is 0.0414 e. The van der Waals surface area contributed by atoms with Gasteiger partial charge in [-0.2, -0.15) is 0 Å². The van der Waals surface area contributed by atoms with Crippen LogP contribution in [0.4, 0.5) is 0 Å². The largest absolute Gasteiger partial charge is 0.550 e. The van der Waals surface area contributed by atoms with Crippen LogP contribution >= 0.6 is 0 Å². The Bertz CT molecular complexity index is 501. The van der Waals surface area contributed by atoms with Gasteiger partial charge in [-0.05, 0) is 75.0 Å². The van der Waals surface area contributed by atoms with Gasteiger partial charge >= 0.3 is 0 Å². The van der Waals surface area contributed by atoms with Crippen molar-refractivity contribution in [3.05, 3.63) is 0 Å². The molecule has 0 radical (unpaired) electrons. The van der Waals surface area contributed by atoms with Gasteiger partial charge in [-0.25, -0.2) is 0 Å². The second-order valence-electron chi connectivity index (χ2n) is 12.0. The second kappa shape index (κ2) is 36.6. The molecule has 8 nitrogen and oxygen atoms in total. The van der Waals surface area contributed by atoms with E-state index in [4.69, 9.17) is 0 Å². The van der Waals surface area contributed by atoms with Gasteiger partial charge in [0.2, 0.25) is 0 Å². The molecule has 0 N–H and O–H groups in total. The minimum absolute atomic E-state index is 0. The molecule has 0 aliphatic heterocycles. The van der Waals surface area contributed by atoms with E-state index in [1.165, 1.54) is 0 Å². The summed E-state index contributed by atoms with van der Waals surface area (Å²) < 4.78 is 0. The average Bonchev–Trinajstić information content (AvgIpc) is 2.80. The Hall–Kier alpha value is -1.43. The third kappa shape index (κ3) is 73.1. The van der Waals surface area contributed by atoms with Crippen molar-refractivity contribution in [2.24, 2.45) is 23.7 Å². The number of aliphatic carboxylic acids is 4. The number of carboxylic acids is 4. The van der Waals surface area contributed by atoms with E-state index in [0.29, 0.717) is 23.7 Å². The first-order chi connectivity index (χ1) is 18.5. The molecule has 0 amide bonds. The molecule has 41 heavy (non-hydrogen) atoms. The van der Waals surface area contributed by atoms with E-state index in [0.717, 1.165) is 77.0 Å². The SMILES string of the molecule is CC(C)CCCCC(=O)[O-].CC(C)CCCCC(=O)[O-].CC(C)CCCCC(=O)[O-].CC(C)CCCCC(=O)[O-].[W]. The quantitative estimate of drug-likeness (QED) is 0.170. The van der Waals surface area contributed by atoms with Gasteiger partial charge in [0.1, 0.15) is 0 Å². The maximum atomic E-state index is 9.93.